The van der Waals surface area contributed by atoms with Gasteiger partial charge in [0.25, 0.3) is 0 Å². The first-order valence-corrected chi connectivity index (χ1v) is 6.37. The number of fused-ring (bicyclic) bond motifs is 1. The van der Waals surface area contributed by atoms with E-state index in [0.717, 1.165) is 13.1 Å². The normalized spacial score (nSPS) is 19.8. The number of furan rings is 1. The molecule has 96 valence electrons. The van der Waals surface area contributed by atoms with Gasteiger partial charge in [-0.15, -0.1) is 0 Å². The standard InChI is InChI=1S/C14H19N3O/c1-14(2,3)17-13-8-15-6-11(12(13)7-16-17)10-4-5-18-9-10/h4-5,7,9,11,15H,6,8H2,1-3H3. The molecule has 0 fully saturated rings. The van der Waals surface area contributed by atoms with Crippen molar-refractivity contribution in [2.75, 3.05) is 6.54 Å². The van der Waals surface area contributed by atoms with Gasteiger partial charge in [0.1, 0.15) is 0 Å². The fraction of sp³-hybridized carbons (Fsp3) is 0.500. The van der Waals surface area contributed by atoms with E-state index in [0.29, 0.717) is 5.92 Å². The predicted molar refractivity (Wildman–Crippen MR) is 69.5 cm³/mol. The van der Waals surface area contributed by atoms with E-state index in [1.807, 2.05) is 18.5 Å². The highest BCUT2D eigenvalue weighted by Gasteiger charge is 2.29. The molecule has 0 aromatic carbocycles. The van der Waals surface area contributed by atoms with Crippen molar-refractivity contribution in [3.63, 3.8) is 0 Å². The summed E-state index contributed by atoms with van der Waals surface area (Å²) in [5.74, 6) is 0.351. The van der Waals surface area contributed by atoms with Crippen molar-refractivity contribution in [3.8, 4) is 0 Å². The molecule has 1 unspecified atom stereocenters. The quantitative estimate of drug-likeness (QED) is 0.839. The van der Waals surface area contributed by atoms with Crippen molar-refractivity contribution in [2.24, 2.45) is 0 Å². The third kappa shape index (κ3) is 1.77. The van der Waals surface area contributed by atoms with Gasteiger partial charge in [-0.3, -0.25) is 4.68 Å². The molecule has 3 rings (SSSR count). The molecule has 18 heavy (non-hydrogen) atoms. The van der Waals surface area contributed by atoms with Crippen LogP contribution in [0.15, 0.2) is 29.2 Å². The molecule has 0 amide bonds. The second-order valence-corrected chi connectivity index (χ2v) is 5.87. The molecule has 0 saturated heterocycles. The molecule has 4 nitrogen and oxygen atoms in total. The predicted octanol–water partition coefficient (Wildman–Crippen LogP) is 2.47. The van der Waals surface area contributed by atoms with Crippen molar-refractivity contribution in [2.45, 2.75) is 38.8 Å². The molecular formula is C14H19N3O. The first kappa shape index (κ1) is 11.5. The Labute approximate surface area is 107 Å². The molecule has 0 saturated carbocycles. The largest absolute Gasteiger partial charge is 0.472 e. The van der Waals surface area contributed by atoms with Crippen LogP contribution in [0.4, 0.5) is 0 Å². The van der Waals surface area contributed by atoms with Crippen molar-refractivity contribution in [1.82, 2.24) is 15.1 Å². The zero-order valence-corrected chi connectivity index (χ0v) is 11.1. The number of hydrogen-bond donors (Lipinski definition) is 1. The Hall–Kier alpha value is -1.55. The lowest BCUT2D eigenvalue weighted by Gasteiger charge is -2.28. The maximum atomic E-state index is 5.20. The monoisotopic (exact) mass is 245 g/mol. The molecular weight excluding hydrogens is 226 g/mol. The SMILES string of the molecule is CC(C)(C)n1ncc2c1CNCC2c1ccoc1. The third-order valence-electron chi connectivity index (χ3n) is 3.50. The summed E-state index contributed by atoms with van der Waals surface area (Å²) in [6.45, 7) is 8.38. The summed E-state index contributed by atoms with van der Waals surface area (Å²) >= 11 is 0. The van der Waals surface area contributed by atoms with Gasteiger partial charge in [0, 0.05) is 24.6 Å². The smallest absolute Gasteiger partial charge is 0.0941 e. The third-order valence-corrected chi connectivity index (χ3v) is 3.50. The molecule has 0 bridgehead atoms. The first-order chi connectivity index (χ1) is 8.57. The van der Waals surface area contributed by atoms with Gasteiger partial charge >= 0.3 is 0 Å². The molecule has 0 radical (unpaired) electrons. The Morgan fingerprint density at radius 2 is 2.28 bits per heavy atom. The number of rotatable bonds is 1. The molecule has 1 aliphatic rings. The maximum Gasteiger partial charge on any atom is 0.0941 e. The molecule has 1 atom stereocenters. The van der Waals surface area contributed by atoms with Crippen LogP contribution in [0.25, 0.3) is 0 Å². The Kier molecular flexibility index (Phi) is 2.55. The molecule has 0 spiro atoms. The van der Waals surface area contributed by atoms with E-state index in [9.17, 15) is 0 Å². The fourth-order valence-electron chi connectivity index (χ4n) is 2.65. The van der Waals surface area contributed by atoms with Crippen LogP contribution in [0.5, 0.6) is 0 Å². The van der Waals surface area contributed by atoms with Crippen LogP contribution in [0, 0.1) is 0 Å². The van der Waals surface area contributed by atoms with Gasteiger partial charge in [-0.05, 0) is 32.4 Å². The Bertz CT molecular complexity index is 534. The van der Waals surface area contributed by atoms with Crippen LogP contribution in [0.1, 0.15) is 43.5 Å². The van der Waals surface area contributed by atoms with Crippen LogP contribution in [0.2, 0.25) is 0 Å². The second-order valence-electron chi connectivity index (χ2n) is 5.87. The number of nitrogens with zero attached hydrogens (tertiary/aromatic N) is 2. The lowest BCUT2D eigenvalue weighted by molar-refractivity contribution is 0.336. The van der Waals surface area contributed by atoms with Crippen molar-refractivity contribution in [3.05, 3.63) is 41.6 Å². The summed E-state index contributed by atoms with van der Waals surface area (Å²) < 4.78 is 7.33. The zero-order valence-electron chi connectivity index (χ0n) is 11.1. The van der Waals surface area contributed by atoms with Crippen LogP contribution in [0.3, 0.4) is 0 Å². The van der Waals surface area contributed by atoms with Crippen LogP contribution < -0.4 is 5.32 Å². The summed E-state index contributed by atoms with van der Waals surface area (Å²) in [6.07, 6.45) is 5.58. The second kappa shape index (κ2) is 3.99. The molecule has 1 N–H and O–H groups in total. The topological polar surface area (TPSA) is 43.0 Å². The van der Waals surface area contributed by atoms with Crippen molar-refractivity contribution in [1.29, 1.82) is 0 Å². The molecule has 1 aliphatic heterocycles. The molecule has 3 heterocycles. The van der Waals surface area contributed by atoms with Gasteiger partial charge in [-0.1, -0.05) is 0 Å². The fourth-order valence-corrected chi connectivity index (χ4v) is 2.65. The minimum absolute atomic E-state index is 0.0214. The Morgan fingerprint density at radius 1 is 1.44 bits per heavy atom. The summed E-state index contributed by atoms with van der Waals surface area (Å²) in [7, 11) is 0. The zero-order chi connectivity index (χ0) is 12.8. The summed E-state index contributed by atoms with van der Waals surface area (Å²) in [5.41, 5.74) is 3.86. The van der Waals surface area contributed by atoms with Gasteiger partial charge in [0.15, 0.2) is 0 Å². The molecule has 4 heteroatoms. The van der Waals surface area contributed by atoms with Crippen LogP contribution in [-0.2, 0) is 12.1 Å². The van der Waals surface area contributed by atoms with Crippen molar-refractivity contribution >= 4 is 0 Å². The Balaban J connectivity index is 2.05. The highest BCUT2D eigenvalue weighted by molar-refractivity contribution is 5.35. The van der Waals surface area contributed by atoms with E-state index in [4.69, 9.17) is 4.42 Å². The van der Waals surface area contributed by atoms with E-state index < -0.39 is 0 Å². The van der Waals surface area contributed by atoms with Gasteiger partial charge < -0.3 is 9.73 Å². The number of hydrogen-bond acceptors (Lipinski definition) is 3. The molecule has 2 aromatic rings. The number of aromatic nitrogens is 2. The number of nitrogens with one attached hydrogen (secondary N) is 1. The van der Waals surface area contributed by atoms with Gasteiger partial charge in [-0.2, -0.15) is 5.10 Å². The van der Waals surface area contributed by atoms with Gasteiger partial charge in [0.2, 0.25) is 0 Å². The van der Waals surface area contributed by atoms with E-state index in [-0.39, 0.29) is 5.54 Å². The highest BCUT2D eigenvalue weighted by Crippen LogP contribution is 2.32. The van der Waals surface area contributed by atoms with Gasteiger partial charge in [0.05, 0.1) is 30.0 Å². The average molecular weight is 245 g/mol. The van der Waals surface area contributed by atoms with E-state index in [2.05, 4.69) is 35.9 Å². The van der Waals surface area contributed by atoms with Crippen molar-refractivity contribution < 1.29 is 4.42 Å². The lowest BCUT2D eigenvalue weighted by Crippen LogP contribution is -2.33. The van der Waals surface area contributed by atoms with Gasteiger partial charge in [-0.25, -0.2) is 0 Å². The van der Waals surface area contributed by atoms with E-state index in [1.165, 1.54) is 16.8 Å². The van der Waals surface area contributed by atoms with E-state index >= 15 is 0 Å². The Morgan fingerprint density at radius 3 is 2.94 bits per heavy atom. The summed E-state index contributed by atoms with van der Waals surface area (Å²) in [4.78, 5) is 0. The minimum Gasteiger partial charge on any atom is -0.472 e. The molecule has 0 aliphatic carbocycles. The highest BCUT2D eigenvalue weighted by atomic mass is 16.3. The first-order valence-electron chi connectivity index (χ1n) is 6.37. The minimum atomic E-state index is 0.0214. The van der Waals surface area contributed by atoms with Crippen LogP contribution >= 0.6 is 0 Å². The summed E-state index contributed by atoms with van der Waals surface area (Å²) in [6, 6.07) is 2.04. The maximum absolute atomic E-state index is 5.20. The van der Waals surface area contributed by atoms with E-state index in [1.54, 1.807) is 6.26 Å². The average Bonchev–Trinajstić information content (AvgIpc) is 2.96. The van der Waals surface area contributed by atoms with Crippen LogP contribution in [-0.4, -0.2) is 16.3 Å². The summed E-state index contributed by atoms with van der Waals surface area (Å²) in [5, 5.41) is 8.05. The lowest BCUT2D eigenvalue weighted by atomic mass is 9.90. The molecule has 2 aromatic heterocycles.